The van der Waals surface area contributed by atoms with Crippen LogP contribution in [0.25, 0.3) is 0 Å². The number of hydrogen-bond donors (Lipinski definition) is 1. The summed E-state index contributed by atoms with van der Waals surface area (Å²) in [4.78, 5) is 2.60. The van der Waals surface area contributed by atoms with Gasteiger partial charge in [-0.15, -0.1) is 0 Å². The Kier molecular flexibility index (Phi) is 3.02. The average Bonchev–Trinajstić information content (AvgIpc) is 2.76. The predicted octanol–water partition coefficient (Wildman–Crippen LogP) is 2.86. The lowest BCUT2D eigenvalue weighted by Crippen LogP contribution is -2.41. The van der Waals surface area contributed by atoms with Crippen molar-refractivity contribution in [3.8, 4) is 0 Å². The summed E-state index contributed by atoms with van der Waals surface area (Å²) in [6, 6.07) is 7.95. The molecule has 92 valence electrons. The molecule has 2 heterocycles. The van der Waals surface area contributed by atoms with Gasteiger partial charge in [-0.1, -0.05) is 6.42 Å². The van der Waals surface area contributed by atoms with Crippen LogP contribution in [0.4, 0.5) is 10.1 Å². The lowest BCUT2D eigenvalue weighted by molar-refractivity contribution is 0.193. The van der Waals surface area contributed by atoms with Crippen LogP contribution >= 0.6 is 0 Å². The molecule has 1 aromatic carbocycles. The molecule has 2 aliphatic rings. The molecule has 0 aromatic heterocycles. The van der Waals surface area contributed by atoms with Crippen LogP contribution in [0, 0.1) is 5.82 Å². The quantitative estimate of drug-likeness (QED) is 0.846. The minimum absolute atomic E-state index is 0.165. The molecule has 0 radical (unpaired) electrons. The topological polar surface area (TPSA) is 15.3 Å². The monoisotopic (exact) mass is 234 g/mol. The SMILES string of the molecule is Fc1ccc(NC2CCN3CCCCC23)cc1. The first-order valence-corrected chi connectivity index (χ1v) is 6.59. The van der Waals surface area contributed by atoms with Crippen LogP contribution in [-0.2, 0) is 0 Å². The molecule has 2 unspecified atom stereocenters. The van der Waals surface area contributed by atoms with E-state index in [0.717, 1.165) is 5.69 Å². The number of hydrogen-bond acceptors (Lipinski definition) is 2. The smallest absolute Gasteiger partial charge is 0.123 e. The second kappa shape index (κ2) is 4.65. The molecular weight excluding hydrogens is 215 g/mol. The van der Waals surface area contributed by atoms with E-state index in [1.807, 2.05) is 12.1 Å². The van der Waals surface area contributed by atoms with E-state index >= 15 is 0 Å². The second-order valence-electron chi connectivity index (χ2n) is 5.15. The summed E-state index contributed by atoms with van der Waals surface area (Å²) in [6.45, 7) is 2.47. The van der Waals surface area contributed by atoms with Crippen molar-refractivity contribution in [2.24, 2.45) is 0 Å². The molecule has 1 aromatic rings. The minimum atomic E-state index is -0.165. The molecule has 0 spiro atoms. The molecule has 3 heteroatoms. The molecule has 1 N–H and O–H groups in total. The molecule has 2 atom stereocenters. The Morgan fingerprint density at radius 2 is 1.88 bits per heavy atom. The molecule has 2 aliphatic heterocycles. The van der Waals surface area contributed by atoms with Crippen molar-refractivity contribution in [3.63, 3.8) is 0 Å². The molecule has 0 aliphatic carbocycles. The zero-order valence-corrected chi connectivity index (χ0v) is 10.0. The van der Waals surface area contributed by atoms with E-state index in [-0.39, 0.29) is 5.82 Å². The van der Waals surface area contributed by atoms with Gasteiger partial charge in [0, 0.05) is 24.3 Å². The van der Waals surface area contributed by atoms with Gasteiger partial charge in [-0.2, -0.15) is 0 Å². The van der Waals surface area contributed by atoms with Crippen molar-refractivity contribution in [2.75, 3.05) is 18.4 Å². The van der Waals surface area contributed by atoms with E-state index in [1.54, 1.807) is 0 Å². The van der Waals surface area contributed by atoms with Gasteiger partial charge in [0.2, 0.25) is 0 Å². The van der Waals surface area contributed by atoms with Crippen LogP contribution in [0.2, 0.25) is 0 Å². The standard InChI is InChI=1S/C14H19FN2/c15-11-4-6-12(7-5-11)16-13-8-10-17-9-2-1-3-14(13)17/h4-7,13-14,16H,1-3,8-10H2. The molecular formula is C14H19FN2. The van der Waals surface area contributed by atoms with Crippen LogP contribution in [0.3, 0.4) is 0 Å². The third-order valence-corrected chi connectivity index (χ3v) is 4.05. The van der Waals surface area contributed by atoms with E-state index in [2.05, 4.69) is 10.2 Å². The zero-order valence-electron chi connectivity index (χ0n) is 10.0. The Balaban J connectivity index is 1.67. The Hall–Kier alpha value is -1.09. The Bertz CT molecular complexity index is 376. The largest absolute Gasteiger partial charge is 0.381 e. The lowest BCUT2D eigenvalue weighted by atomic mass is 9.99. The van der Waals surface area contributed by atoms with Crippen LogP contribution in [0.5, 0.6) is 0 Å². The van der Waals surface area contributed by atoms with Crippen LogP contribution in [0.1, 0.15) is 25.7 Å². The highest BCUT2D eigenvalue weighted by Crippen LogP contribution is 2.29. The Morgan fingerprint density at radius 1 is 1.06 bits per heavy atom. The number of benzene rings is 1. The first-order valence-electron chi connectivity index (χ1n) is 6.59. The fourth-order valence-corrected chi connectivity index (χ4v) is 3.18. The highest BCUT2D eigenvalue weighted by molar-refractivity contribution is 5.44. The summed E-state index contributed by atoms with van der Waals surface area (Å²) in [5, 5.41) is 3.56. The van der Waals surface area contributed by atoms with Gasteiger partial charge in [-0.25, -0.2) is 4.39 Å². The number of nitrogens with zero attached hydrogens (tertiary/aromatic N) is 1. The summed E-state index contributed by atoms with van der Waals surface area (Å²) in [6.07, 6.45) is 5.21. The average molecular weight is 234 g/mol. The Labute approximate surface area is 102 Å². The Morgan fingerprint density at radius 3 is 2.71 bits per heavy atom. The van der Waals surface area contributed by atoms with E-state index in [1.165, 1.54) is 50.9 Å². The number of anilines is 1. The third-order valence-electron chi connectivity index (χ3n) is 4.05. The lowest BCUT2D eigenvalue weighted by Gasteiger charge is -2.32. The zero-order chi connectivity index (χ0) is 11.7. The summed E-state index contributed by atoms with van der Waals surface area (Å²) in [7, 11) is 0. The highest BCUT2D eigenvalue weighted by Gasteiger charge is 2.35. The maximum absolute atomic E-state index is 12.8. The fraction of sp³-hybridized carbons (Fsp3) is 0.571. The number of piperidine rings is 1. The van der Waals surface area contributed by atoms with Crippen molar-refractivity contribution in [3.05, 3.63) is 30.1 Å². The van der Waals surface area contributed by atoms with Crippen molar-refractivity contribution >= 4 is 5.69 Å². The number of rotatable bonds is 2. The van der Waals surface area contributed by atoms with E-state index in [0.29, 0.717) is 12.1 Å². The first kappa shape index (κ1) is 11.0. The van der Waals surface area contributed by atoms with Crippen molar-refractivity contribution in [1.82, 2.24) is 4.90 Å². The summed E-state index contributed by atoms with van der Waals surface area (Å²) >= 11 is 0. The first-order chi connectivity index (χ1) is 8.33. The van der Waals surface area contributed by atoms with Gasteiger partial charge < -0.3 is 5.32 Å². The van der Waals surface area contributed by atoms with E-state index < -0.39 is 0 Å². The molecule has 0 bridgehead atoms. The number of halogens is 1. The molecule has 0 amide bonds. The molecule has 3 rings (SSSR count). The second-order valence-corrected chi connectivity index (χ2v) is 5.15. The van der Waals surface area contributed by atoms with Gasteiger partial charge in [0.05, 0.1) is 0 Å². The van der Waals surface area contributed by atoms with Crippen molar-refractivity contribution in [2.45, 2.75) is 37.8 Å². The molecule has 2 nitrogen and oxygen atoms in total. The minimum Gasteiger partial charge on any atom is -0.381 e. The third kappa shape index (κ3) is 2.29. The highest BCUT2D eigenvalue weighted by atomic mass is 19.1. The normalized spacial score (nSPS) is 29.0. The van der Waals surface area contributed by atoms with Gasteiger partial charge >= 0.3 is 0 Å². The van der Waals surface area contributed by atoms with E-state index in [9.17, 15) is 4.39 Å². The van der Waals surface area contributed by atoms with Gasteiger partial charge in [0.15, 0.2) is 0 Å². The van der Waals surface area contributed by atoms with Crippen molar-refractivity contribution in [1.29, 1.82) is 0 Å². The van der Waals surface area contributed by atoms with Gasteiger partial charge in [0.1, 0.15) is 5.82 Å². The summed E-state index contributed by atoms with van der Waals surface area (Å²) in [5.74, 6) is -0.165. The molecule has 2 fully saturated rings. The van der Waals surface area contributed by atoms with Crippen LogP contribution in [-0.4, -0.2) is 30.1 Å². The number of fused-ring (bicyclic) bond motifs is 1. The van der Waals surface area contributed by atoms with Gasteiger partial charge in [-0.3, -0.25) is 4.90 Å². The predicted molar refractivity (Wildman–Crippen MR) is 67.6 cm³/mol. The summed E-state index contributed by atoms with van der Waals surface area (Å²) in [5.41, 5.74) is 1.05. The maximum atomic E-state index is 12.8. The number of nitrogens with one attached hydrogen (secondary N) is 1. The fourth-order valence-electron chi connectivity index (χ4n) is 3.18. The van der Waals surface area contributed by atoms with Gasteiger partial charge in [-0.05, 0) is 50.1 Å². The molecule has 0 saturated carbocycles. The summed E-state index contributed by atoms with van der Waals surface area (Å²) < 4.78 is 12.8. The van der Waals surface area contributed by atoms with E-state index in [4.69, 9.17) is 0 Å². The maximum Gasteiger partial charge on any atom is 0.123 e. The van der Waals surface area contributed by atoms with Crippen LogP contribution < -0.4 is 5.32 Å². The van der Waals surface area contributed by atoms with Crippen LogP contribution in [0.15, 0.2) is 24.3 Å². The van der Waals surface area contributed by atoms with Gasteiger partial charge in [0.25, 0.3) is 0 Å². The molecule has 2 saturated heterocycles. The molecule has 17 heavy (non-hydrogen) atoms. The van der Waals surface area contributed by atoms with Crippen molar-refractivity contribution < 1.29 is 4.39 Å².